The first-order valence-electron chi connectivity index (χ1n) is 6.87. The van der Waals surface area contributed by atoms with Gasteiger partial charge in [0.1, 0.15) is 0 Å². The molecule has 0 saturated heterocycles. The molecule has 0 radical (unpaired) electrons. The molecule has 0 saturated carbocycles. The Morgan fingerprint density at radius 2 is 1.52 bits per heavy atom. The monoisotopic (exact) mass is 395 g/mol. The first-order chi connectivity index (χ1) is 11.8. The maximum absolute atomic E-state index is 12.6. The van der Waals surface area contributed by atoms with Gasteiger partial charge in [-0.2, -0.15) is 0 Å². The Kier molecular flexibility index (Phi) is 4.56. The highest BCUT2D eigenvalue weighted by molar-refractivity contribution is 6.41. The maximum Gasteiger partial charge on any atom is 0.328 e. The molecule has 1 amide bonds. The van der Waals surface area contributed by atoms with E-state index in [1.54, 1.807) is 0 Å². The first kappa shape index (κ1) is 17.5. The molecule has 1 aliphatic carbocycles. The van der Waals surface area contributed by atoms with E-state index in [9.17, 15) is 14.4 Å². The number of rotatable bonds is 3. The van der Waals surface area contributed by atoms with E-state index in [0.717, 1.165) is 6.08 Å². The zero-order chi connectivity index (χ0) is 18.3. The molecule has 0 fully saturated rings. The zero-order valence-electron chi connectivity index (χ0n) is 12.3. The molecule has 126 valence electrons. The van der Waals surface area contributed by atoms with E-state index in [0.29, 0.717) is 27.8 Å². The number of carbonyl (C=O) groups excluding carboxylic acids is 2. The molecule has 2 N–H and O–H groups in total. The van der Waals surface area contributed by atoms with Gasteiger partial charge in [-0.3, -0.25) is 9.59 Å². The number of hydrogen-bond donors (Lipinski definition) is 2. The lowest BCUT2D eigenvalue weighted by atomic mass is 10.0. The lowest BCUT2D eigenvalue weighted by Crippen LogP contribution is -2.10. The highest BCUT2D eigenvalue weighted by Gasteiger charge is 2.32. The normalized spacial score (nSPS) is 12.2. The Labute approximate surface area is 156 Å². The minimum Gasteiger partial charge on any atom is -0.478 e. The summed E-state index contributed by atoms with van der Waals surface area (Å²) >= 11 is 18.3. The highest BCUT2D eigenvalue weighted by Crippen LogP contribution is 2.47. The molecule has 1 aliphatic rings. The number of fused-ring (bicyclic) bond motifs is 3. The predicted molar refractivity (Wildman–Crippen MR) is 95.7 cm³/mol. The number of carbonyl (C=O) groups is 3. The second-order valence-corrected chi connectivity index (χ2v) is 6.46. The minimum absolute atomic E-state index is 0.236. The smallest absolute Gasteiger partial charge is 0.328 e. The highest BCUT2D eigenvalue weighted by atomic mass is 35.5. The molecule has 5 nitrogen and oxygen atoms in total. The molecule has 0 unspecified atom stereocenters. The van der Waals surface area contributed by atoms with Crippen molar-refractivity contribution in [2.24, 2.45) is 0 Å². The van der Waals surface area contributed by atoms with Crippen molar-refractivity contribution in [2.75, 3.05) is 5.32 Å². The van der Waals surface area contributed by atoms with Crippen LogP contribution in [0, 0.1) is 0 Å². The van der Waals surface area contributed by atoms with Crippen LogP contribution in [0.5, 0.6) is 0 Å². The second-order valence-electron chi connectivity index (χ2n) is 5.18. The summed E-state index contributed by atoms with van der Waals surface area (Å²) < 4.78 is 0. The van der Waals surface area contributed by atoms with Crippen LogP contribution < -0.4 is 5.32 Å². The van der Waals surface area contributed by atoms with Crippen LogP contribution in [-0.2, 0) is 9.59 Å². The number of benzene rings is 2. The van der Waals surface area contributed by atoms with Gasteiger partial charge in [0.2, 0.25) is 5.91 Å². The van der Waals surface area contributed by atoms with Gasteiger partial charge in [-0.25, -0.2) is 4.79 Å². The summed E-state index contributed by atoms with van der Waals surface area (Å²) in [6.45, 7) is 0. The van der Waals surface area contributed by atoms with Crippen LogP contribution >= 0.6 is 34.8 Å². The molecule has 2 aromatic carbocycles. The van der Waals surface area contributed by atoms with Crippen LogP contribution in [0.15, 0.2) is 36.4 Å². The molecular weight excluding hydrogens is 389 g/mol. The van der Waals surface area contributed by atoms with Crippen LogP contribution in [0.25, 0.3) is 11.1 Å². The SMILES string of the molecule is O=C(O)/C=C\C(=O)Nc1cc(Cl)cc2c1-c1c(Cl)cc(Cl)cc1C2=O. The van der Waals surface area contributed by atoms with E-state index in [-0.39, 0.29) is 27.1 Å². The number of halogens is 3. The van der Waals surface area contributed by atoms with Crippen molar-refractivity contribution in [1.29, 1.82) is 0 Å². The van der Waals surface area contributed by atoms with Gasteiger partial charge in [0.25, 0.3) is 0 Å². The van der Waals surface area contributed by atoms with Crippen molar-refractivity contribution in [1.82, 2.24) is 0 Å². The Hall–Kier alpha value is -2.34. The van der Waals surface area contributed by atoms with Crippen molar-refractivity contribution in [3.8, 4) is 11.1 Å². The first-order valence-corrected chi connectivity index (χ1v) is 8.01. The van der Waals surface area contributed by atoms with Crippen LogP contribution in [0.1, 0.15) is 15.9 Å². The molecular formula is C17H8Cl3NO4. The summed E-state index contributed by atoms with van der Waals surface area (Å²) in [6, 6.07) is 5.93. The Balaban J connectivity index is 2.15. The molecule has 0 atom stereocenters. The van der Waals surface area contributed by atoms with Gasteiger partial charge >= 0.3 is 5.97 Å². The Morgan fingerprint density at radius 1 is 0.920 bits per heavy atom. The van der Waals surface area contributed by atoms with Gasteiger partial charge in [0.05, 0.1) is 10.7 Å². The number of carboxylic acids is 1. The number of aliphatic carboxylic acids is 1. The van der Waals surface area contributed by atoms with Gasteiger partial charge in [-0.1, -0.05) is 34.8 Å². The predicted octanol–water partition coefficient (Wildman–Crippen LogP) is 4.44. The van der Waals surface area contributed by atoms with Crippen molar-refractivity contribution >= 4 is 58.1 Å². The summed E-state index contributed by atoms with van der Waals surface area (Å²) in [6.07, 6.45) is 1.56. The lowest BCUT2D eigenvalue weighted by Gasteiger charge is -2.11. The molecule has 0 bridgehead atoms. The number of ketones is 1. The van der Waals surface area contributed by atoms with Crippen LogP contribution in [0.3, 0.4) is 0 Å². The summed E-state index contributed by atoms with van der Waals surface area (Å²) in [5.74, 6) is -2.25. The molecule has 2 aromatic rings. The third-order valence-electron chi connectivity index (χ3n) is 3.53. The topological polar surface area (TPSA) is 83.5 Å². The van der Waals surface area contributed by atoms with E-state index < -0.39 is 11.9 Å². The van der Waals surface area contributed by atoms with E-state index in [1.165, 1.54) is 24.3 Å². The van der Waals surface area contributed by atoms with E-state index in [4.69, 9.17) is 39.9 Å². The van der Waals surface area contributed by atoms with Crippen molar-refractivity contribution < 1.29 is 19.5 Å². The van der Waals surface area contributed by atoms with Crippen molar-refractivity contribution in [3.63, 3.8) is 0 Å². The third kappa shape index (κ3) is 3.26. The molecule has 0 aliphatic heterocycles. The molecule has 8 heteroatoms. The van der Waals surface area contributed by atoms with Gasteiger partial charge in [0.15, 0.2) is 5.78 Å². The van der Waals surface area contributed by atoms with Gasteiger partial charge < -0.3 is 10.4 Å². The molecule has 0 heterocycles. The maximum atomic E-state index is 12.6. The molecule has 3 rings (SSSR count). The van der Waals surface area contributed by atoms with Crippen LogP contribution in [-0.4, -0.2) is 22.8 Å². The fourth-order valence-corrected chi connectivity index (χ4v) is 3.43. The fraction of sp³-hybridized carbons (Fsp3) is 0. The van der Waals surface area contributed by atoms with E-state index >= 15 is 0 Å². The summed E-state index contributed by atoms with van der Waals surface area (Å²) in [5, 5.41) is 11.9. The third-order valence-corrected chi connectivity index (χ3v) is 4.27. The van der Waals surface area contributed by atoms with Crippen LogP contribution in [0.2, 0.25) is 15.1 Å². The van der Waals surface area contributed by atoms with Crippen molar-refractivity contribution in [3.05, 3.63) is 62.6 Å². The standard InChI is InChI=1S/C17H8Cl3NO4/c18-7-3-9-15(11(20)5-7)16-10(17(9)25)4-8(19)6-12(16)21-13(22)1-2-14(23)24/h1-6H,(H,21,22)(H,23,24)/b2-1-. The average molecular weight is 397 g/mol. The summed E-state index contributed by atoms with van der Waals surface area (Å²) in [7, 11) is 0. The van der Waals surface area contributed by atoms with E-state index in [2.05, 4.69) is 5.32 Å². The Morgan fingerprint density at radius 3 is 2.16 bits per heavy atom. The zero-order valence-corrected chi connectivity index (χ0v) is 14.5. The molecule has 0 aromatic heterocycles. The number of hydrogen-bond acceptors (Lipinski definition) is 3. The summed E-state index contributed by atoms with van der Waals surface area (Å²) in [4.78, 5) is 35.1. The summed E-state index contributed by atoms with van der Waals surface area (Å²) in [5.41, 5.74) is 1.71. The van der Waals surface area contributed by atoms with Gasteiger partial charge in [-0.15, -0.1) is 0 Å². The molecule has 25 heavy (non-hydrogen) atoms. The lowest BCUT2D eigenvalue weighted by molar-refractivity contribution is -0.131. The molecule has 0 spiro atoms. The quantitative estimate of drug-likeness (QED) is 0.641. The average Bonchev–Trinajstić information content (AvgIpc) is 2.79. The van der Waals surface area contributed by atoms with E-state index in [1.807, 2.05) is 0 Å². The number of anilines is 1. The number of amides is 1. The van der Waals surface area contributed by atoms with Crippen molar-refractivity contribution in [2.45, 2.75) is 0 Å². The number of nitrogens with one attached hydrogen (secondary N) is 1. The minimum atomic E-state index is -1.26. The fourth-order valence-electron chi connectivity index (χ4n) is 2.63. The van der Waals surface area contributed by atoms with Crippen LogP contribution in [0.4, 0.5) is 5.69 Å². The Bertz CT molecular complexity index is 982. The largest absolute Gasteiger partial charge is 0.478 e. The van der Waals surface area contributed by atoms with Gasteiger partial charge in [0, 0.05) is 44.5 Å². The number of carboxylic acid groups (broad SMARTS) is 1. The van der Waals surface area contributed by atoms with Gasteiger partial charge in [-0.05, 0) is 24.3 Å². The second kappa shape index (κ2) is 6.52.